The average molecular weight is 259 g/mol. The maximum absolute atomic E-state index is 11.3. The first-order chi connectivity index (χ1) is 7.57. The normalized spacial score (nSPS) is 23.1. The Morgan fingerprint density at radius 1 is 1.44 bits per heavy atom. The van der Waals surface area contributed by atoms with Gasteiger partial charge in [-0.3, -0.25) is 0 Å². The molecule has 2 heterocycles. The molecule has 0 spiro atoms. The summed E-state index contributed by atoms with van der Waals surface area (Å²) in [5.74, 6) is 0.670. The molecule has 0 bridgehead atoms. The lowest BCUT2D eigenvalue weighted by Crippen LogP contribution is -2.38. The highest BCUT2D eigenvalue weighted by Gasteiger charge is 2.24. The second-order valence-electron chi connectivity index (χ2n) is 4.33. The van der Waals surface area contributed by atoms with E-state index in [2.05, 4.69) is 23.7 Å². The lowest BCUT2D eigenvalue weighted by molar-refractivity contribution is 0.423. The molecule has 1 fully saturated rings. The van der Waals surface area contributed by atoms with Crippen molar-refractivity contribution in [1.29, 1.82) is 0 Å². The van der Waals surface area contributed by atoms with Crippen LogP contribution in [0.1, 0.15) is 30.7 Å². The van der Waals surface area contributed by atoms with E-state index in [1.807, 2.05) is 6.07 Å². The summed E-state index contributed by atoms with van der Waals surface area (Å²) >= 11 is 1.74. The Kier molecular flexibility index (Phi) is 3.66. The molecule has 5 heteroatoms. The van der Waals surface area contributed by atoms with Gasteiger partial charge in [-0.1, -0.05) is 6.07 Å². The van der Waals surface area contributed by atoms with Gasteiger partial charge in [0.05, 0.1) is 11.5 Å². The highest BCUT2D eigenvalue weighted by atomic mass is 32.2. The minimum Gasteiger partial charge on any atom is -0.307 e. The Morgan fingerprint density at radius 3 is 2.69 bits per heavy atom. The highest BCUT2D eigenvalue weighted by molar-refractivity contribution is 7.91. The van der Waals surface area contributed by atoms with Crippen LogP contribution in [0.5, 0.6) is 0 Å². The van der Waals surface area contributed by atoms with Gasteiger partial charge in [0, 0.05) is 17.0 Å². The van der Waals surface area contributed by atoms with Gasteiger partial charge >= 0.3 is 0 Å². The molecule has 0 amide bonds. The predicted molar refractivity (Wildman–Crippen MR) is 67.5 cm³/mol. The molecular weight excluding hydrogens is 242 g/mol. The van der Waals surface area contributed by atoms with Gasteiger partial charge in [-0.05, 0) is 31.2 Å². The van der Waals surface area contributed by atoms with Crippen molar-refractivity contribution in [3.8, 4) is 0 Å². The molecule has 0 saturated carbocycles. The topological polar surface area (TPSA) is 46.2 Å². The number of nitrogens with one attached hydrogen (secondary N) is 1. The standard InChI is InChI=1S/C11H17NO2S2/c1-9(11-3-2-6-15-11)12-10-4-7-16(13,14)8-5-10/h2-3,6,9-10,12H,4-5,7-8H2,1H3/t9-/m0/s1. The first-order valence-electron chi connectivity index (χ1n) is 5.57. The van der Waals surface area contributed by atoms with Gasteiger partial charge in [0.2, 0.25) is 0 Å². The van der Waals surface area contributed by atoms with E-state index in [1.54, 1.807) is 11.3 Å². The van der Waals surface area contributed by atoms with Crippen molar-refractivity contribution in [2.75, 3.05) is 11.5 Å². The Bertz CT molecular complexity index is 411. The zero-order chi connectivity index (χ0) is 11.6. The van der Waals surface area contributed by atoms with Crippen LogP contribution < -0.4 is 5.32 Å². The smallest absolute Gasteiger partial charge is 0.150 e. The second kappa shape index (κ2) is 4.85. The summed E-state index contributed by atoms with van der Waals surface area (Å²) in [6, 6.07) is 4.83. The predicted octanol–water partition coefficient (Wildman–Crippen LogP) is 1.98. The zero-order valence-corrected chi connectivity index (χ0v) is 11.0. The van der Waals surface area contributed by atoms with Crippen molar-refractivity contribution in [3.63, 3.8) is 0 Å². The number of hydrogen-bond donors (Lipinski definition) is 1. The van der Waals surface area contributed by atoms with Crippen LogP contribution in [0.2, 0.25) is 0 Å². The van der Waals surface area contributed by atoms with E-state index in [9.17, 15) is 8.42 Å². The van der Waals surface area contributed by atoms with Crippen LogP contribution in [0.15, 0.2) is 17.5 Å². The molecule has 0 aromatic carbocycles. The summed E-state index contributed by atoms with van der Waals surface area (Å²) < 4.78 is 22.6. The van der Waals surface area contributed by atoms with Gasteiger partial charge in [0.15, 0.2) is 0 Å². The van der Waals surface area contributed by atoms with Crippen molar-refractivity contribution >= 4 is 21.2 Å². The molecule has 16 heavy (non-hydrogen) atoms. The van der Waals surface area contributed by atoms with E-state index < -0.39 is 9.84 Å². The van der Waals surface area contributed by atoms with Crippen LogP contribution in [0.4, 0.5) is 0 Å². The van der Waals surface area contributed by atoms with Crippen LogP contribution in [-0.2, 0) is 9.84 Å². The van der Waals surface area contributed by atoms with Crippen LogP contribution in [0.25, 0.3) is 0 Å². The number of thiophene rings is 1. The van der Waals surface area contributed by atoms with Gasteiger partial charge in [-0.25, -0.2) is 8.42 Å². The summed E-state index contributed by atoms with van der Waals surface area (Å²) in [7, 11) is -2.74. The molecule has 3 nitrogen and oxygen atoms in total. The third-order valence-electron chi connectivity index (χ3n) is 3.01. The van der Waals surface area contributed by atoms with Crippen molar-refractivity contribution in [3.05, 3.63) is 22.4 Å². The highest BCUT2D eigenvalue weighted by Crippen LogP contribution is 2.21. The number of rotatable bonds is 3. The van der Waals surface area contributed by atoms with E-state index in [0.717, 1.165) is 12.8 Å². The van der Waals surface area contributed by atoms with Gasteiger partial charge in [-0.2, -0.15) is 0 Å². The first kappa shape index (κ1) is 12.1. The molecule has 0 aliphatic carbocycles. The molecule has 0 unspecified atom stereocenters. The van der Waals surface area contributed by atoms with Crippen molar-refractivity contribution in [1.82, 2.24) is 5.32 Å². The Balaban J connectivity index is 1.87. The summed E-state index contributed by atoms with van der Waals surface area (Å²) in [5, 5.41) is 5.57. The number of sulfone groups is 1. The quantitative estimate of drug-likeness (QED) is 0.903. The molecule has 1 N–H and O–H groups in total. The summed E-state index contributed by atoms with van der Waals surface area (Å²) in [6.07, 6.45) is 1.50. The minimum absolute atomic E-state index is 0.325. The lowest BCUT2D eigenvalue weighted by Gasteiger charge is -2.26. The molecule has 1 aliphatic heterocycles. The van der Waals surface area contributed by atoms with Gasteiger partial charge in [0.1, 0.15) is 9.84 Å². The largest absolute Gasteiger partial charge is 0.307 e. The first-order valence-corrected chi connectivity index (χ1v) is 8.27. The zero-order valence-electron chi connectivity index (χ0n) is 9.35. The Labute approximate surface area is 101 Å². The molecule has 1 atom stereocenters. The summed E-state index contributed by atoms with van der Waals surface area (Å²) in [5.41, 5.74) is 0. The maximum Gasteiger partial charge on any atom is 0.150 e. The summed E-state index contributed by atoms with van der Waals surface area (Å²) in [4.78, 5) is 1.31. The third kappa shape index (κ3) is 3.06. The van der Waals surface area contributed by atoms with Crippen LogP contribution in [-0.4, -0.2) is 26.0 Å². The molecule has 1 aromatic rings. The summed E-state index contributed by atoms with van der Waals surface area (Å²) in [6.45, 7) is 2.13. The van der Waals surface area contributed by atoms with Crippen LogP contribution in [0, 0.1) is 0 Å². The third-order valence-corrected chi connectivity index (χ3v) is 5.78. The molecule has 1 aromatic heterocycles. The van der Waals surface area contributed by atoms with Crippen LogP contribution in [0.3, 0.4) is 0 Å². The Hall–Kier alpha value is -0.390. The van der Waals surface area contributed by atoms with E-state index in [-0.39, 0.29) is 0 Å². The second-order valence-corrected chi connectivity index (χ2v) is 7.61. The van der Waals surface area contributed by atoms with E-state index in [4.69, 9.17) is 0 Å². The fraction of sp³-hybridized carbons (Fsp3) is 0.636. The molecule has 0 radical (unpaired) electrons. The van der Waals surface area contributed by atoms with Crippen molar-refractivity contribution in [2.24, 2.45) is 0 Å². The average Bonchev–Trinajstić information content (AvgIpc) is 2.74. The van der Waals surface area contributed by atoms with Gasteiger partial charge in [0.25, 0.3) is 0 Å². The van der Waals surface area contributed by atoms with Crippen molar-refractivity contribution in [2.45, 2.75) is 31.8 Å². The Morgan fingerprint density at radius 2 is 2.12 bits per heavy atom. The minimum atomic E-state index is -2.74. The maximum atomic E-state index is 11.3. The SMILES string of the molecule is C[C@H](NC1CCS(=O)(=O)CC1)c1cccs1. The number of hydrogen-bond acceptors (Lipinski definition) is 4. The molecule has 1 saturated heterocycles. The van der Waals surface area contributed by atoms with Gasteiger partial charge in [-0.15, -0.1) is 11.3 Å². The molecule has 2 rings (SSSR count). The fourth-order valence-corrected chi connectivity index (χ4v) is 4.27. The molecule has 1 aliphatic rings. The van der Waals surface area contributed by atoms with E-state index in [1.165, 1.54) is 4.88 Å². The van der Waals surface area contributed by atoms with E-state index >= 15 is 0 Å². The molecule has 90 valence electrons. The van der Waals surface area contributed by atoms with Crippen LogP contribution >= 0.6 is 11.3 Å². The van der Waals surface area contributed by atoms with Crippen molar-refractivity contribution < 1.29 is 8.42 Å². The van der Waals surface area contributed by atoms with Gasteiger partial charge < -0.3 is 5.32 Å². The monoisotopic (exact) mass is 259 g/mol. The van der Waals surface area contributed by atoms with E-state index in [0.29, 0.717) is 23.6 Å². The molecular formula is C11H17NO2S2. The lowest BCUT2D eigenvalue weighted by atomic mass is 10.1. The fourth-order valence-electron chi connectivity index (χ4n) is 2.03.